The van der Waals surface area contributed by atoms with Gasteiger partial charge in [-0.15, -0.1) is 0 Å². The fourth-order valence-corrected chi connectivity index (χ4v) is 4.81. The zero-order valence-corrected chi connectivity index (χ0v) is 17.2. The van der Waals surface area contributed by atoms with Gasteiger partial charge in [-0.1, -0.05) is 33.1 Å². The molecule has 3 aliphatic rings. The van der Waals surface area contributed by atoms with Crippen molar-refractivity contribution in [3.8, 4) is 0 Å². The number of carbonyl (C=O) groups is 2. The average Bonchev–Trinajstić information content (AvgIpc) is 3.13. The third-order valence-corrected chi connectivity index (χ3v) is 6.42. The molecule has 6 nitrogen and oxygen atoms in total. The maximum Gasteiger partial charge on any atom is 0.315 e. The van der Waals surface area contributed by atoms with Gasteiger partial charge in [-0.3, -0.25) is 9.69 Å². The first kappa shape index (κ1) is 20.4. The third-order valence-electron chi connectivity index (χ3n) is 6.42. The Morgan fingerprint density at radius 1 is 0.889 bits per heavy atom. The number of hydrogen-bond acceptors (Lipinski definition) is 3. The summed E-state index contributed by atoms with van der Waals surface area (Å²) in [7, 11) is 0. The highest BCUT2D eigenvalue weighted by atomic mass is 16.2. The van der Waals surface area contributed by atoms with Gasteiger partial charge in [0.1, 0.15) is 0 Å². The number of hydrogen-bond donors (Lipinski definition) is 2. The Morgan fingerprint density at radius 2 is 1.52 bits per heavy atom. The van der Waals surface area contributed by atoms with Crippen LogP contribution in [-0.4, -0.2) is 66.0 Å². The molecule has 2 saturated heterocycles. The van der Waals surface area contributed by atoms with Crippen LogP contribution < -0.4 is 10.6 Å². The van der Waals surface area contributed by atoms with Crippen molar-refractivity contribution in [2.24, 2.45) is 5.92 Å². The smallest absolute Gasteiger partial charge is 0.315 e. The average molecular weight is 379 g/mol. The van der Waals surface area contributed by atoms with Gasteiger partial charge in [0, 0.05) is 50.7 Å². The lowest BCUT2D eigenvalue weighted by molar-refractivity contribution is -0.131. The van der Waals surface area contributed by atoms with Gasteiger partial charge in [-0.05, 0) is 38.0 Å². The highest BCUT2D eigenvalue weighted by molar-refractivity contribution is 5.76. The van der Waals surface area contributed by atoms with E-state index in [1.165, 1.54) is 19.3 Å². The molecule has 0 aromatic rings. The number of amides is 3. The molecule has 0 aromatic heterocycles. The fourth-order valence-electron chi connectivity index (χ4n) is 4.81. The van der Waals surface area contributed by atoms with Crippen LogP contribution in [0.2, 0.25) is 0 Å². The first-order valence-corrected chi connectivity index (χ1v) is 11.1. The molecule has 154 valence electrons. The number of piperidine rings is 1. The maximum absolute atomic E-state index is 12.3. The van der Waals surface area contributed by atoms with Crippen LogP contribution in [0.25, 0.3) is 0 Å². The summed E-state index contributed by atoms with van der Waals surface area (Å²) < 4.78 is 0. The fraction of sp³-hybridized carbons (Fsp3) is 0.905. The van der Waals surface area contributed by atoms with Crippen LogP contribution in [0.1, 0.15) is 71.6 Å². The Morgan fingerprint density at radius 3 is 2.15 bits per heavy atom. The van der Waals surface area contributed by atoms with Crippen LogP contribution in [0.15, 0.2) is 0 Å². The first-order chi connectivity index (χ1) is 13.0. The highest BCUT2D eigenvalue weighted by Crippen LogP contribution is 2.22. The molecular weight excluding hydrogens is 340 g/mol. The molecule has 1 aliphatic carbocycles. The van der Waals surface area contributed by atoms with Crippen LogP contribution in [0.4, 0.5) is 4.79 Å². The second kappa shape index (κ2) is 9.76. The summed E-state index contributed by atoms with van der Waals surface area (Å²) >= 11 is 0. The van der Waals surface area contributed by atoms with Crippen LogP contribution in [0.3, 0.4) is 0 Å². The van der Waals surface area contributed by atoms with E-state index in [0.717, 1.165) is 58.3 Å². The van der Waals surface area contributed by atoms with Gasteiger partial charge in [0.25, 0.3) is 0 Å². The summed E-state index contributed by atoms with van der Waals surface area (Å²) in [6, 6.07) is 1.17. The molecule has 0 aromatic carbocycles. The second-order valence-electron chi connectivity index (χ2n) is 9.14. The molecule has 27 heavy (non-hydrogen) atoms. The van der Waals surface area contributed by atoms with Gasteiger partial charge < -0.3 is 15.5 Å². The van der Waals surface area contributed by atoms with Gasteiger partial charge in [-0.25, -0.2) is 4.79 Å². The Kier molecular flexibility index (Phi) is 7.39. The largest absolute Gasteiger partial charge is 0.341 e. The summed E-state index contributed by atoms with van der Waals surface area (Å²) in [6.45, 7) is 8.03. The number of likely N-dealkylation sites (tertiary alicyclic amines) is 2. The number of nitrogens with zero attached hydrogens (tertiary/aromatic N) is 2. The lowest BCUT2D eigenvalue weighted by Gasteiger charge is -2.36. The second-order valence-corrected chi connectivity index (χ2v) is 9.14. The van der Waals surface area contributed by atoms with Crippen molar-refractivity contribution in [1.82, 2.24) is 20.4 Å². The minimum absolute atomic E-state index is 0.0201. The molecule has 0 spiro atoms. The van der Waals surface area contributed by atoms with E-state index in [1.807, 2.05) is 4.90 Å². The van der Waals surface area contributed by atoms with Gasteiger partial charge in [0.2, 0.25) is 5.91 Å². The van der Waals surface area contributed by atoms with Gasteiger partial charge >= 0.3 is 6.03 Å². The van der Waals surface area contributed by atoms with Gasteiger partial charge in [-0.2, -0.15) is 0 Å². The van der Waals surface area contributed by atoms with E-state index >= 15 is 0 Å². The van der Waals surface area contributed by atoms with Gasteiger partial charge in [0.05, 0.1) is 0 Å². The van der Waals surface area contributed by atoms with Crippen molar-refractivity contribution >= 4 is 11.9 Å². The quantitative estimate of drug-likeness (QED) is 0.773. The van der Waals surface area contributed by atoms with E-state index in [2.05, 4.69) is 29.4 Å². The van der Waals surface area contributed by atoms with E-state index in [4.69, 9.17) is 0 Å². The molecule has 3 amide bonds. The Labute approximate surface area is 164 Å². The molecule has 1 unspecified atom stereocenters. The summed E-state index contributed by atoms with van der Waals surface area (Å²) in [5.41, 5.74) is 0. The topological polar surface area (TPSA) is 64.7 Å². The predicted octanol–water partition coefficient (Wildman–Crippen LogP) is 2.73. The molecule has 2 heterocycles. The molecule has 2 N–H and O–H groups in total. The molecule has 1 atom stereocenters. The van der Waals surface area contributed by atoms with Crippen molar-refractivity contribution < 1.29 is 9.59 Å². The van der Waals surface area contributed by atoms with E-state index < -0.39 is 0 Å². The summed E-state index contributed by atoms with van der Waals surface area (Å²) in [5.74, 6) is 0.738. The third kappa shape index (κ3) is 6.09. The number of rotatable bonds is 5. The Hall–Kier alpha value is -1.30. The molecule has 3 rings (SSSR count). The molecule has 0 radical (unpaired) electrons. The number of urea groups is 1. The number of carbonyl (C=O) groups excluding carboxylic acids is 2. The molecule has 2 aliphatic heterocycles. The van der Waals surface area contributed by atoms with E-state index in [0.29, 0.717) is 30.3 Å². The molecule has 3 fully saturated rings. The molecule has 1 saturated carbocycles. The lowest BCUT2D eigenvalue weighted by Crippen LogP contribution is -2.52. The van der Waals surface area contributed by atoms with Crippen molar-refractivity contribution in [3.05, 3.63) is 0 Å². The van der Waals surface area contributed by atoms with Crippen molar-refractivity contribution in [2.75, 3.05) is 26.2 Å². The van der Waals surface area contributed by atoms with Crippen molar-refractivity contribution in [2.45, 2.75) is 89.8 Å². The summed E-state index contributed by atoms with van der Waals surface area (Å²) in [5, 5.41) is 6.34. The van der Waals surface area contributed by atoms with Gasteiger partial charge in [0.15, 0.2) is 0 Å². The van der Waals surface area contributed by atoms with E-state index in [-0.39, 0.29) is 12.1 Å². The summed E-state index contributed by atoms with van der Waals surface area (Å²) in [4.78, 5) is 29.1. The van der Waals surface area contributed by atoms with Crippen LogP contribution >= 0.6 is 0 Å². The van der Waals surface area contributed by atoms with Crippen molar-refractivity contribution in [1.29, 1.82) is 0 Å². The minimum atomic E-state index is 0.0201. The lowest BCUT2D eigenvalue weighted by atomic mass is 9.96. The van der Waals surface area contributed by atoms with Crippen LogP contribution in [0, 0.1) is 5.92 Å². The normalized spacial score (nSPS) is 25.7. The molecule has 6 heteroatoms. The van der Waals surface area contributed by atoms with E-state index in [9.17, 15) is 9.59 Å². The minimum Gasteiger partial charge on any atom is -0.341 e. The monoisotopic (exact) mass is 378 g/mol. The predicted molar refractivity (Wildman–Crippen MR) is 108 cm³/mol. The zero-order valence-electron chi connectivity index (χ0n) is 17.2. The molecule has 0 bridgehead atoms. The Bertz CT molecular complexity index is 496. The number of nitrogens with one attached hydrogen (secondary N) is 2. The first-order valence-electron chi connectivity index (χ1n) is 11.1. The van der Waals surface area contributed by atoms with E-state index in [1.54, 1.807) is 0 Å². The standard InChI is InChI=1S/C21H38N4O2/c1-16(2)14-20(26)25-13-10-19(15-25)24-11-8-18(9-12-24)23-21(27)22-17-6-4-3-5-7-17/h16-19H,3-15H2,1-2H3,(H2,22,23,27). The SMILES string of the molecule is CC(C)CC(=O)N1CCC(N2CCC(NC(=O)NC3CCCCC3)CC2)C1. The van der Waals surface area contributed by atoms with Crippen LogP contribution in [0.5, 0.6) is 0 Å². The summed E-state index contributed by atoms with van der Waals surface area (Å²) in [6.07, 6.45) is 9.80. The highest BCUT2D eigenvalue weighted by Gasteiger charge is 2.32. The van der Waals surface area contributed by atoms with Crippen LogP contribution in [-0.2, 0) is 4.79 Å². The van der Waals surface area contributed by atoms with Crippen molar-refractivity contribution in [3.63, 3.8) is 0 Å². The Balaban J connectivity index is 1.35. The molecular formula is C21H38N4O2. The zero-order chi connectivity index (χ0) is 19.2. The maximum atomic E-state index is 12.3.